The summed E-state index contributed by atoms with van der Waals surface area (Å²) in [5.74, 6) is 0.778. The normalized spacial score (nSPS) is 25.8. The topological polar surface area (TPSA) is 0 Å². The van der Waals surface area contributed by atoms with E-state index in [2.05, 4.69) is 26.5 Å². The maximum absolute atomic E-state index is 3.94. The van der Waals surface area contributed by atoms with Crippen LogP contribution in [0.1, 0.15) is 33.1 Å². The number of rotatable bonds is 1. The summed E-state index contributed by atoms with van der Waals surface area (Å²) in [5.41, 5.74) is 2.74. The minimum absolute atomic E-state index is 0.778. The van der Waals surface area contributed by atoms with Gasteiger partial charge in [-0.15, -0.1) is 0 Å². The van der Waals surface area contributed by atoms with Crippen LogP contribution in [-0.4, -0.2) is 0 Å². The Morgan fingerprint density at radius 1 is 1.70 bits per heavy atom. The summed E-state index contributed by atoms with van der Waals surface area (Å²) in [6.45, 7) is 8.33. The maximum atomic E-state index is 3.94. The number of hydrogen-bond donors (Lipinski definition) is 0. The fourth-order valence-electron chi connectivity index (χ4n) is 1.48. The summed E-state index contributed by atoms with van der Waals surface area (Å²) >= 11 is 0. The molecule has 0 saturated heterocycles. The van der Waals surface area contributed by atoms with E-state index >= 15 is 0 Å². The quantitative estimate of drug-likeness (QED) is 0.518. The molecule has 0 heterocycles. The Morgan fingerprint density at radius 2 is 2.40 bits per heavy atom. The van der Waals surface area contributed by atoms with E-state index in [1.165, 1.54) is 30.4 Å². The Labute approximate surface area is 63.6 Å². The molecule has 0 fully saturated rings. The van der Waals surface area contributed by atoms with Gasteiger partial charge in [-0.25, -0.2) is 0 Å². The van der Waals surface area contributed by atoms with Gasteiger partial charge in [0.05, 0.1) is 0 Å². The molecule has 0 N–H and O–H groups in total. The standard InChI is InChI=1S/C10H16/c1-8(2)10-6-4-5-9(3)7-10/h7,9H,1,4-6H2,2-3H3. The SMILES string of the molecule is C=C(C)C1=CC(C)CCC1. The Balaban J connectivity index is 2.66. The summed E-state index contributed by atoms with van der Waals surface area (Å²) in [5, 5.41) is 0. The van der Waals surface area contributed by atoms with Crippen molar-refractivity contribution in [2.24, 2.45) is 5.92 Å². The fourth-order valence-corrected chi connectivity index (χ4v) is 1.48. The molecule has 10 heavy (non-hydrogen) atoms. The summed E-state index contributed by atoms with van der Waals surface area (Å²) in [6, 6.07) is 0. The van der Waals surface area contributed by atoms with E-state index in [0.29, 0.717) is 0 Å². The molecule has 0 aromatic carbocycles. The Kier molecular flexibility index (Phi) is 2.31. The zero-order chi connectivity index (χ0) is 7.56. The van der Waals surface area contributed by atoms with Gasteiger partial charge in [0.2, 0.25) is 0 Å². The third kappa shape index (κ3) is 1.73. The molecule has 1 rings (SSSR count). The smallest absolute Gasteiger partial charge is 0.0256 e. The lowest BCUT2D eigenvalue weighted by molar-refractivity contribution is 0.571. The molecule has 0 heteroatoms. The summed E-state index contributed by atoms with van der Waals surface area (Å²) < 4.78 is 0. The first kappa shape index (κ1) is 7.59. The van der Waals surface area contributed by atoms with Gasteiger partial charge in [-0.2, -0.15) is 0 Å². The molecule has 0 radical (unpaired) electrons. The van der Waals surface area contributed by atoms with Crippen molar-refractivity contribution in [2.45, 2.75) is 33.1 Å². The van der Waals surface area contributed by atoms with Crippen molar-refractivity contribution in [2.75, 3.05) is 0 Å². The van der Waals surface area contributed by atoms with Crippen molar-refractivity contribution in [1.29, 1.82) is 0 Å². The van der Waals surface area contributed by atoms with E-state index in [9.17, 15) is 0 Å². The lowest BCUT2D eigenvalue weighted by atomic mass is 9.89. The minimum Gasteiger partial charge on any atom is -0.0958 e. The van der Waals surface area contributed by atoms with Crippen molar-refractivity contribution < 1.29 is 0 Å². The van der Waals surface area contributed by atoms with E-state index in [-0.39, 0.29) is 0 Å². The van der Waals surface area contributed by atoms with Gasteiger partial charge >= 0.3 is 0 Å². The molecule has 0 saturated carbocycles. The largest absolute Gasteiger partial charge is 0.0958 e. The minimum atomic E-state index is 0.778. The monoisotopic (exact) mass is 136 g/mol. The van der Waals surface area contributed by atoms with Crippen molar-refractivity contribution in [1.82, 2.24) is 0 Å². The van der Waals surface area contributed by atoms with Crippen LogP contribution in [0.25, 0.3) is 0 Å². The predicted molar refractivity (Wildman–Crippen MR) is 45.9 cm³/mol. The van der Waals surface area contributed by atoms with Crippen molar-refractivity contribution >= 4 is 0 Å². The molecule has 1 unspecified atom stereocenters. The van der Waals surface area contributed by atoms with Crippen LogP contribution in [0.15, 0.2) is 23.8 Å². The lowest BCUT2D eigenvalue weighted by Gasteiger charge is -2.17. The number of hydrogen-bond acceptors (Lipinski definition) is 0. The lowest BCUT2D eigenvalue weighted by Crippen LogP contribution is -2.00. The molecule has 1 aliphatic rings. The molecule has 0 nitrogen and oxygen atoms in total. The first-order chi connectivity index (χ1) is 4.70. The zero-order valence-electron chi connectivity index (χ0n) is 6.98. The molecular weight excluding hydrogens is 120 g/mol. The van der Waals surface area contributed by atoms with Crippen molar-refractivity contribution in [3.05, 3.63) is 23.8 Å². The molecule has 0 aromatic rings. The van der Waals surface area contributed by atoms with E-state index in [1.807, 2.05) is 0 Å². The Morgan fingerprint density at radius 3 is 2.80 bits per heavy atom. The summed E-state index contributed by atoms with van der Waals surface area (Å²) in [7, 11) is 0. The Hall–Kier alpha value is -0.520. The second-order valence-electron chi connectivity index (χ2n) is 3.34. The van der Waals surface area contributed by atoms with Crippen molar-refractivity contribution in [3.63, 3.8) is 0 Å². The molecule has 0 aliphatic heterocycles. The highest BCUT2D eigenvalue weighted by molar-refractivity contribution is 5.27. The fraction of sp³-hybridized carbons (Fsp3) is 0.600. The maximum Gasteiger partial charge on any atom is -0.0256 e. The van der Waals surface area contributed by atoms with Crippen LogP contribution < -0.4 is 0 Å². The third-order valence-electron chi connectivity index (χ3n) is 2.14. The van der Waals surface area contributed by atoms with Crippen LogP contribution in [0.3, 0.4) is 0 Å². The third-order valence-corrected chi connectivity index (χ3v) is 2.14. The first-order valence-corrected chi connectivity index (χ1v) is 4.06. The molecule has 56 valence electrons. The zero-order valence-corrected chi connectivity index (χ0v) is 6.98. The van der Waals surface area contributed by atoms with Gasteiger partial charge in [0.25, 0.3) is 0 Å². The Bertz CT molecular complexity index is 163. The highest BCUT2D eigenvalue weighted by Gasteiger charge is 2.08. The molecule has 0 aromatic heterocycles. The highest BCUT2D eigenvalue weighted by atomic mass is 14.1. The highest BCUT2D eigenvalue weighted by Crippen LogP contribution is 2.25. The van der Waals surface area contributed by atoms with Gasteiger partial charge in [0, 0.05) is 0 Å². The van der Waals surface area contributed by atoms with E-state index in [4.69, 9.17) is 0 Å². The first-order valence-electron chi connectivity index (χ1n) is 4.06. The predicted octanol–water partition coefficient (Wildman–Crippen LogP) is 3.31. The van der Waals surface area contributed by atoms with Gasteiger partial charge in [0.1, 0.15) is 0 Å². The molecule has 1 aliphatic carbocycles. The van der Waals surface area contributed by atoms with E-state index in [1.54, 1.807) is 0 Å². The van der Waals surface area contributed by atoms with Crippen LogP contribution in [0.2, 0.25) is 0 Å². The van der Waals surface area contributed by atoms with Gasteiger partial charge in [0.15, 0.2) is 0 Å². The van der Waals surface area contributed by atoms with Crippen LogP contribution in [0, 0.1) is 5.92 Å². The summed E-state index contributed by atoms with van der Waals surface area (Å²) in [4.78, 5) is 0. The average molecular weight is 136 g/mol. The molecule has 0 spiro atoms. The molecule has 0 bridgehead atoms. The van der Waals surface area contributed by atoms with Crippen molar-refractivity contribution in [3.8, 4) is 0 Å². The van der Waals surface area contributed by atoms with Gasteiger partial charge < -0.3 is 0 Å². The molecular formula is C10H16. The number of allylic oxidation sites excluding steroid dienone is 3. The van der Waals surface area contributed by atoms with Crippen LogP contribution >= 0.6 is 0 Å². The summed E-state index contributed by atoms with van der Waals surface area (Å²) in [6.07, 6.45) is 6.32. The second-order valence-corrected chi connectivity index (χ2v) is 3.34. The molecule has 1 atom stereocenters. The van der Waals surface area contributed by atoms with Crippen LogP contribution in [0.4, 0.5) is 0 Å². The van der Waals surface area contributed by atoms with Gasteiger partial charge in [-0.1, -0.05) is 25.2 Å². The molecule has 0 amide bonds. The van der Waals surface area contributed by atoms with E-state index < -0.39 is 0 Å². The van der Waals surface area contributed by atoms with Crippen LogP contribution in [0.5, 0.6) is 0 Å². The average Bonchev–Trinajstić information content (AvgIpc) is 1.88. The van der Waals surface area contributed by atoms with Crippen LogP contribution in [-0.2, 0) is 0 Å². The van der Waals surface area contributed by atoms with E-state index in [0.717, 1.165) is 5.92 Å². The van der Waals surface area contributed by atoms with Gasteiger partial charge in [-0.05, 0) is 37.7 Å². The second kappa shape index (κ2) is 3.05. The van der Waals surface area contributed by atoms with Gasteiger partial charge in [-0.3, -0.25) is 0 Å².